The largest absolute Gasteiger partial charge is 0.479 e. The van der Waals surface area contributed by atoms with Gasteiger partial charge in [-0.1, -0.05) is 37.0 Å². The molecule has 0 aliphatic carbocycles. The minimum Gasteiger partial charge on any atom is -0.479 e. The van der Waals surface area contributed by atoms with E-state index < -0.39 is 40.9 Å². The Morgan fingerprint density at radius 2 is 1.92 bits per heavy atom. The number of nitrogens with zero attached hydrogens (tertiary/aromatic N) is 3. The highest BCUT2D eigenvalue weighted by Crippen LogP contribution is 2.35. The third-order valence-electron chi connectivity index (χ3n) is 5.24. The monoisotopic (exact) mass is 559 g/mol. The summed E-state index contributed by atoms with van der Waals surface area (Å²) < 4.78 is 22.5. The Bertz CT molecular complexity index is 1260. The van der Waals surface area contributed by atoms with Gasteiger partial charge in [0.05, 0.1) is 17.9 Å². The fourth-order valence-electron chi connectivity index (χ4n) is 2.89. The first-order valence-electron chi connectivity index (χ1n) is 10.5. The number of amides is 1. The van der Waals surface area contributed by atoms with E-state index in [9.17, 15) is 23.9 Å². The number of aromatic nitrogens is 2. The molecule has 0 bridgehead atoms. The van der Waals surface area contributed by atoms with E-state index in [1.54, 1.807) is 6.92 Å². The van der Waals surface area contributed by atoms with Crippen molar-refractivity contribution in [3.05, 3.63) is 45.1 Å². The van der Waals surface area contributed by atoms with Crippen molar-refractivity contribution >= 4 is 52.6 Å². The number of hydrogen-bond acceptors (Lipinski definition) is 9. The molecule has 2 aromatic rings. The molecule has 0 radical (unpaired) electrons. The van der Waals surface area contributed by atoms with Crippen molar-refractivity contribution in [2.45, 2.75) is 32.9 Å². The number of anilines is 1. The number of carbonyl (C=O) groups excluding carboxylic acids is 1. The number of pyridine rings is 2. The number of nitrogens with two attached hydrogens (primary N) is 1. The lowest BCUT2D eigenvalue weighted by Crippen LogP contribution is -2.41. The zero-order chi connectivity index (χ0) is 28.1. The van der Waals surface area contributed by atoms with Crippen LogP contribution in [0.1, 0.15) is 42.4 Å². The number of carboxylic acids is 2. The average Bonchev–Trinajstić information content (AvgIpc) is 3.15. The minimum atomic E-state index is -1.25. The Kier molecular flexibility index (Phi) is 9.73. The predicted molar refractivity (Wildman–Crippen MR) is 132 cm³/mol. The standard InChI is InChI=1S/C15H19N3O4.C7H5Cl2FN2O3/c1-8(2)15(3)14(21)17-12(18-15)11-10(13(19)20)5-9(6-16-11)7-22-4;8-3-5(11)4(9)7(12-6(3)10)15-1-2(13)14/h5-6,8H,7H2,1-4H3,(H,19,20)(H,17,18,21);1H2,(H2,11,12)(H,13,14). The van der Waals surface area contributed by atoms with Crippen LogP contribution in [-0.2, 0) is 20.9 Å². The lowest BCUT2D eigenvalue weighted by Gasteiger charge is -2.21. The molecule has 5 N–H and O–H groups in total. The number of nitrogen functional groups attached to an aromatic ring is 1. The smallest absolute Gasteiger partial charge is 0.341 e. The molecule has 1 aliphatic heterocycles. The maximum Gasteiger partial charge on any atom is 0.341 e. The molecule has 0 aromatic carbocycles. The van der Waals surface area contributed by atoms with E-state index in [1.807, 2.05) is 13.8 Å². The SMILES string of the molecule is COCc1cnc(C2=NC(C)(C(C)C)C(=O)N2)c(C(=O)O)c1.Nc1c(Cl)c(F)nc(OCC(=O)O)c1Cl. The summed E-state index contributed by atoms with van der Waals surface area (Å²) in [5.41, 5.74) is 4.94. The number of carboxylic acid groups (broad SMARTS) is 2. The summed E-state index contributed by atoms with van der Waals surface area (Å²) in [5.74, 6) is -3.93. The summed E-state index contributed by atoms with van der Waals surface area (Å²) >= 11 is 11.0. The van der Waals surface area contributed by atoms with E-state index in [2.05, 4.69) is 25.0 Å². The first kappa shape index (κ1) is 29.7. The molecule has 1 amide bonds. The van der Waals surface area contributed by atoms with E-state index in [-0.39, 0.29) is 46.2 Å². The number of carbonyl (C=O) groups is 3. The molecule has 0 spiro atoms. The number of halogens is 3. The fraction of sp³-hybridized carbons (Fsp3) is 0.364. The minimum absolute atomic E-state index is 0.0124. The van der Waals surface area contributed by atoms with Crippen LogP contribution in [0.3, 0.4) is 0 Å². The number of aromatic carboxylic acids is 1. The van der Waals surface area contributed by atoms with E-state index in [1.165, 1.54) is 19.4 Å². The van der Waals surface area contributed by atoms with Crippen molar-refractivity contribution in [2.24, 2.45) is 10.9 Å². The van der Waals surface area contributed by atoms with E-state index >= 15 is 0 Å². The van der Waals surface area contributed by atoms with Gasteiger partial charge < -0.3 is 30.7 Å². The number of amidine groups is 1. The summed E-state index contributed by atoms with van der Waals surface area (Å²) in [4.78, 5) is 45.5. The molecule has 2 aromatic heterocycles. The summed E-state index contributed by atoms with van der Waals surface area (Å²) in [7, 11) is 1.52. The Morgan fingerprint density at radius 3 is 2.43 bits per heavy atom. The van der Waals surface area contributed by atoms with Crippen LogP contribution in [0.4, 0.5) is 10.1 Å². The maximum atomic E-state index is 12.9. The second-order valence-corrected chi connectivity index (χ2v) is 8.88. The van der Waals surface area contributed by atoms with Gasteiger partial charge in [0, 0.05) is 13.3 Å². The second-order valence-electron chi connectivity index (χ2n) is 8.13. The van der Waals surface area contributed by atoms with Crippen LogP contribution >= 0.6 is 23.2 Å². The number of aliphatic imine (C=N–C) groups is 1. The van der Waals surface area contributed by atoms with Gasteiger partial charge in [-0.3, -0.25) is 9.78 Å². The molecule has 15 heteroatoms. The van der Waals surface area contributed by atoms with E-state index in [0.29, 0.717) is 5.56 Å². The highest BCUT2D eigenvalue weighted by Gasteiger charge is 2.43. The van der Waals surface area contributed by atoms with Gasteiger partial charge in [0.25, 0.3) is 5.91 Å². The second kappa shape index (κ2) is 12.1. The molecule has 37 heavy (non-hydrogen) atoms. The number of ether oxygens (including phenoxy) is 2. The number of rotatable bonds is 8. The Balaban J connectivity index is 0.000000281. The summed E-state index contributed by atoms with van der Waals surface area (Å²) in [5, 5.41) is 19.7. The van der Waals surface area contributed by atoms with Gasteiger partial charge in [-0.2, -0.15) is 9.37 Å². The molecule has 1 atom stereocenters. The summed E-state index contributed by atoms with van der Waals surface area (Å²) in [6, 6.07) is 1.48. The molecule has 200 valence electrons. The third kappa shape index (κ3) is 6.81. The van der Waals surface area contributed by atoms with Gasteiger partial charge in [-0.05, 0) is 24.5 Å². The van der Waals surface area contributed by atoms with Gasteiger partial charge in [-0.25, -0.2) is 14.6 Å². The molecule has 0 fully saturated rings. The molecule has 0 saturated heterocycles. The van der Waals surface area contributed by atoms with Crippen molar-refractivity contribution in [2.75, 3.05) is 19.5 Å². The molecule has 12 nitrogen and oxygen atoms in total. The van der Waals surface area contributed by atoms with Crippen LogP contribution in [0.15, 0.2) is 17.3 Å². The predicted octanol–water partition coefficient (Wildman–Crippen LogP) is 2.79. The van der Waals surface area contributed by atoms with E-state index in [4.69, 9.17) is 38.8 Å². The number of nitrogens with one attached hydrogen (secondary N) is 1. The fourth-order valence-corrected chi connectivity index (χ4v) is 3.27. The molecule has 1 unspecified atom stereocenters. The van der Waals surface area contributed by atoms with Crippen molar-refractivity contribution in [1.29, 1.82) is 0 Å². The maximum absolute atomic E-state index is 12.9. The average molecular weight is 560 g/mol. The lowest BCUT2D eigenvalue weighted by atomic mass is 9.89. The molecule has 0 saturated carbocycles. The molecular weight excluding hydrogens is 536 g/mol. The number of methoxy groups -OCH3 is 1. The van der Waals surface area contributed by atoms with Crippen LogP contribution < -0.4 is 15.8 Å². The zero-order valence-electron chi connectivity index (χ0n) is 20.1. The topological polar surface area (TPSA) is 186 Å². The number of hydrogen-bond donors (Lipinski definition) is 4. The van der Waals surface area contributed by atoms with Crippen molar-refractivity contribution in [1.82, 2.24) is 15.3 Å². The van der Waals surface area contributed by atoms with Crippen LogP contribution in [-0.4, -0.2) is 63.1 Å². The Labute approximate surface area is 220 Å². The van der Waals surface area contributed by atoms with Crippen molar-refractivity contribution < 1.29 is 38.5 Å². The van der Waals surface area contributed by atoms with Crippen molar-refractivity contribution in [3.63, 3.8) is 0 Å². The summed E-state index contributed by atoms with van der Waals surface area (Å²) in [6.45, 7) is 5.06. The van der Waals surface area contributed by atoms with Gasteiger partial charge in [0.1, 0.15) is 21.3 Å². The Morgan fingerprint density at radius 1 is 1.27 bits per heavy atom. The highest BCUT2D eigenvalue weighted by atomic mass is 35.5. The third-order valence-corrected chi connectivity index (χ3v) is 5.97. The molecule has 3 heterocycles. The highest BCUT2D eigenvalue weighted by molar-refractivity contribution is 6.39. The van der Waals surface area contributed by atoms with Crippen LogP contribution in [0.25, 0.3) is 0 Å². The lowest BCUT2D eigenvalue weighted by molar-refractivity contribution is -0.139. The van der Waals surface area contributed by atoms with Crippen LogP contribution in [0, 0.1) is 11.9 Å². The van der Waals surface area contributed by atoms with Gasteiger partial charge in [0.15, 0.2) is 12.4 Å². The normalized spacial score (nSPS) is 16.5. The van der Waals surface area contributed by atoms with Gasteiger partial charge >= 0.3 is 11.9 Å². The van der Waals surface area contributed by atoms with E-state index in [0.717, 1.165) is 0 Å². The van der Waals surface area contributed by atoms with Crippen molar-refractivity contribution in [3.8, 4) is 5.88 Å². The first-order valence-corrected chi connectivity index (χ1v) is 11.3. The van der Waals surface area contributed by atoms with Crippen LogP contribution in [0.2, 0.25) is 10.0 Å². The molecule has 1 aliphatic rings. The zero-order valence-corrected chi connectivity index (χ0v) is 21.6. The Hall–Kier alpha value is -3.55. The van der Waals surface area contributed by atoms with Gasteiger partial charge in [0.2, 0.25) is 11.8 Å². The quantitative estimate of drug-likeness (QED) is 0.350. The van der Waals surface area contributed by atoms with Crippen LogP contribution in [0.5, 0.6) is 5.88 Å². The molecular formula is C22H24Cl2FN5O7. The summed E-state index contributed by atoms with van der Waals surface area (Å²) in [6.07, 6.45) is 1.52. The van der Waals surface area contributed by atoms with Gasteiger partial charge in [-0.15, -0.1) is 0 Å². The first-order chi connectivity index (χ1) is 17.2. The molecule has 3 rings (SSSR count). The number of aliphatic carboxylic acids is 1.